The molecule has 0 radical (unpaired) electrons. The zero-order valence-corrected chi connectivity index (χ0v) is 10.8. The van der Waals surface area contributed by atoms with Crippen LogP contribution in [0.5, 0.6) is 5.75 Å². The van der Waals surface area contributed by atoms with E-state index in [1.807, 2.05) is 12.1 Å². The van der Waals surface area contributed by atoms with Gasteiger partial charge in [0.1, 0.15) is 5.75 Å². The molecule has 2 heteroatoms. The number of hydrogen-bond donors (Lipinski definition) is 1. The summed E-state index contributed by atoms with van der Waals surface area (Å²) in [6.07, 6.45) is 1.04. The van der Waals surface area contributed by atoms with Crippen LogP contribution in [0.1, 0.15) is 31.4 Å². The van der Waals surface area contributed by atoms with Crippen molar-refractivity contribution in [2.45, 2.75) is 40.2 Å². The second kappa shape index (κ2) is 6.54. The lowest BCUT2D eigenvalue weighted by Gasteiger charge is -2.14. The molecule has 1 unspecified atom stereocenters. The Kier molecular flexibility index (Phi) is 5.33. The van der Waals surface area contributed by atoms with Crippen LogP contribution in [0.15, 0.2) is 18.2 Å². The number of benzene rings is 1. The highest BCUT2D eigenvalue weighted by molar-refractivity contribution is 5.38. The maximum absolute atomic E-state index is 5.79. The average molecular weight is 221 g/mol. The Morgan fingerprint density at radius 2 is 2.06 bits per heavy atom. The molecule has 0 saturated carbocycles. The maximum atomic E-state index is 5.79. The minimum Gasteiger partial charge on any atom is -0.493 e. The summed E-state index contributed by atoms with van der Waals surface area (Å²) in [5, 5.41) is 3.38. The van der Waals surface area contributed by atoms with E-state index in [0.717, 1.165) is 25.3 Å². The molecule has 0 fully saturated rings. The quantitative estimate of drug-likeness (QED) is 0.797. The third kappa shape index (κ3) is 3.86. The standard InChI is InChI=1S/C14H23NO/c1-5-15-12(3)9-10-16-14-8-6-7-11(2)13(14)4/h6-8,12,15H,5,9-10H2,1-4H3. The van der Waals surface area contributed by atoms with Crippen LogP contribution >= 0.6 is 0 Å². The molecule has 1 N–H and O–H groups in total. The summed E-state index contributed by atoms with van der Waals surface area (Å²) in [5.74, 6) is 1.02. The Labute approximate surface area is 99.0 Å². The smallest absolute Gasteiger partial charge is 0.122 e. The lowest BCUT2D eigenvalue weighted by atomic mass is 10.1. The van der Waals surface area contributed by atoms with E-state index in [0.29, 0.717) is 6.04 Å². The van der Waals surface area contributed by atoms with Gasteiger partial charge < -0.3 is 10.1 Å². The van der Waals surface area contributed by atoms with Crippen molar-refractivity contribution >= 4 is 0 Å². The van der Waals surface area contributed by atoms with Crippen molar-refractivity contribution in [1.82, 2.24) is 5.32 Å². The Morgan fingerprint density at radius 3 is 2.75 bits per heavy atom. The predicted octanol–water partition coefficient (Wildman–Crippen LogP) is 3.07. The van der Waals surface area contributed by atoms with Crippen molar-refractivity contribution in [3.8, 4) is 5.75 Å². The molecule has 0 amide bonds. The van der Waals surface area contributed by atoms with E-state index < -0.39 is 0 Å². The number of nitrogens with one attached hydrogen (secondary N) is 1. The molecule has 1 atom stereocenters. The zero-order valence-electron chi connectivity index (χ0n) is 10.8. The average Bonchev–Trinajstić information content (AvgIpc) is 2.25. The Hall–Kier alpha value is -1.02. The summed E-state index contributed by atoms with van der Waals surface area (Å²) in [6, 6.07) is 6.73. The monoisotopic (exact) mass is 221 g/mol. The highest BCUT2D eigenvalue weighted by Gasteiger charge is 2.03. The summed E-state index contributed by atoms with van der Waals surface area (Å²) < 4.78 is 5.79. The third-order valence-corrected chi connectivity index (χ3v) is 2.92. The zero-order chi connectivity index (χ0) is 12.0. The van der Waals surface area contributed by atoms with Crippen molar-refractivity contribution in [1.29, 1.82) is 0 Å². The molecular weight excluding hydrogens is 198 g/mol. The minimum atomic E-state index is 0.523. The van der Waals surface area contributed by atoms with Crippen LogP contribution in [-0.4, -0.2) is 19.2 Å². The fourth-order valence-corrected chi connectivity index (χ4v) is 1.68. The molecule has 0 aliphatic rings. The SMILES string of the molecule is CCNC(C)CCOc1cccc(C)c1C. The van der Waals surface area contributed by atoms with Crippen molar-refractivity contribution in [2.75, 3.05) is 13.2 Å². The molecule has 1 rings (SSSR count). The van der Waals surface area contributed by atoms with Gasteiger partial charge in [-0.3, -0.25) is 0 Å². The van der Waals surface area contributed by atoms with Crippen molar-refractivity contribution in [3.05, 3.63) is 29.3 Å². The minimum absolute atomic E-state index is 0.523. The molecule has 0 aliphatic heterocycles. The maximum Gasteiger partial charge on any atom is 0.122 e. The van der Waals surface area contributed by atoms with Crippen LogP contribution in [-0.2, 0) is 0 Å². The summed E-state index contributed by atoms with van der Waals surface area (Å²) in [4.78, 5) is 0. The van der Waals surface area contributed by atoms with Gasteiger partial charge in [-0.05, 0) is 50.9 Å². The Balaban J connectivity index is 2.40. The Bertz CT molecular complexity index is 323. The second-order valence-electron chi connectivity index (χ2n) is 4.29. The first kappa shape index (κ1) is 13.0. The molecule has 0 aliphatic carbocycles. The van der Waals surface area contributed by atoms with Crippen LogP contribution in [0.2, 0.25) is 0 Å². The van der Waals surface area contributed by atoms with E-state index >= 15 is 0 Å². The number of aryl methyl sites for hydroxylation is 1. The van der Waals surface area contributed by atoms with Crippen LogP contribution < -0.4 is 10.1 Å². The fraction of sp³-hybridized carbons (Fsp3) is 0.571. The molecule has 90 valence electrons. The van der Waals surface area contributed by atoms with Crippen LogP contribution in [0.4, 0.5) is 0 Å². The van der Waals surface area contributed by atoms with Crippen LogP contribution in [0.25, 0.3) is 0 Å². The van der Waals surface area contributed by atoms with E-state index in [1.54, 1.807) is 0 Å². The van der Waals surface area contributed by atoms with Gasteiger partial charge in [0.15, 0.2) is 0 Å². The molecule has 0 bridgehead atoms. The van der Waals surface area contributed by atoms with E-state index in [9.17, 15) is 0 Å². The van der Waals surface area contributed by atoms with Crippen molar-refractivity contribution in [3.63, 3.8) is 0 Å². The first-order valence-electron chi connectivity index (χ1n) is 6.07. The molecule has 2 nitrogen and oxygen atoms in total. The third-order valence-electron chi connectivity index (χ3n) is 2.92. The molecule has 16 heavy (non-hydrogen) atoms. The lowest BCUT2D eigenvalue weighted by Crippen LogP contribution is -2.27. The summed E-state index contributed by atoms with van der Waals surface area (Å²) in [5.41, 5.74) is 2.54. The van der Waals surface area contributed by atoms with Crippen molar-refractivity contribution in [2.24, 2.45) is 0 Å². The second-order valence-corrected chi connectivity index (χ2v) is 4.29. The van der Waals surface area contributed by atoms with Gasteiger partial charge in [-0.2, -0.15) is 0 Å². The van der Waals surface area contributed by atoms with Gasteiger partial charge in [0, 0.05) is 6.04 Å². The normalized spacial score (nSPS) is 12.5. The molecule has 0 aromatic heterocycles. The van der Waals surface area contributed by atoms with Crippen LogP contribution in [0, 0.1) is 13.8 Å². The number of rotatable bonds is 6. The van der Waals surface area contributed by atoms with E-state index in [4.69, 9.17) is 4.74 Å². The van der Waals surface area contributed by atoms with Gasteiger partial charge in [0.2, 0.25) is 0 Å². The summed E-state index contributed by atoms with van der Waals surface area (Å²) in [7, 11) is 0. The van der Waals surface area contributed by atoms with Gasteiger partial charge in [0.05, 0.1) is 6.61 Å². The highest BCUT2D eigenvalue weighted by atomic mass is 16.5. The Morgan fingerprint density at radius 1 is 1.31 bits per heavy atom. The molecule has 0 spiro atoms. The molecule has 0 saturated heterocycles. The molecule has 1 aromatic carbocycles. The topological polar surface area (TPSA) is 21.3 Å². The highest BCUT2D eigenvalue weighted by Crippen LogP contribution is 2.20. The van der Waals surface area contributed by atoms with Gasteiger partial charge in [-0.1, -0.05) is 19.1 Å². The lowest BCUT2D eigenvalue weighted by molar-refractivity contribution is 0.289. The van der Waals surface area contributed by atoms with E-state index in [-0.39, 0.29) is 0 Å². The van der Waals surface area contributed by atoms with Gasteiger partial charge in [0.25, 0.3) is 0 Å². The van der Waals surface area contributed by atoms with Gasteiger partial charge in [-0.15, -0.1) is 0 Å². The summed E-state index contributed by atoms with van der Waals surface area (Å²) >= 11 is 0. The summed E-state index contributed by atoms with van der Waals surface area (Å²) in [6.45, 7) is 10.3. The number of ether oxygens (including phenoxy) is 1. The van der Waals surface area contributed by atoms with Crippen LogP contribution in [0.3, 0.4) is 0 Å². The number of hydrogen-bond acceptors (Lipinski definition) is 2. The molecule has 1 aromatic rings. The predicted molar refractivity (Wildman–Crippen MR) is 69.2 cm³/mol. The largest absolute Gasteiger partial charge is 0.493 e. The first-order chi connectivity index (χ1) is 7.65. The molecular formula is C14H23NO. The van der Waals surface area contributed by atoms with Crippen molar-refractivity contribution < 1.29 is 4.74 Å². The van der Waals surface area contributed by atoms with E-state index in [2.05, 4.69) is 39.1 Å². The van der Waals surface area contributed by atoms with E-state index in [1.165, 1.54) is 11.1 Å². The fourth-order valence-electron chi connectivity index (χ4n) is 1.68. The van der Waals surface area contributed by atoms with Gasteiger partial charge in [-0.25, -0.2) is 0 Å². The molecule has 0 heterocycles. The first-order valence-corrected chi connectivity index (χ1v) is 6.07. The van der Waals surface area contributed by atoms with Gasteiger partial charge >= 0.3 is 0 Å².